The molecule has 0 aliphatic rings. The van der Waals surface area contributed by atoms with Crippen LogP contribution < -0.4 is 11.1 Å². The lowest BCUT2D eigenvalue weighted by atomic mass is 9.99. The molecule has 0 saturated carbocycles. The third-order valence-corrected chi connectivity index (χ3v) is 2.02. The number of nitrogens with two attached hydrogens (primary N) is 1. The number of rotatable bonds is 5. The van der Waals surface area contributed by atoms with Crippen LogP contribution in [0.5, 0.6) is 0 Å². The van der Waals surface area contributed by atoms with Crippen LogP contribution in [0.3, 0.4) is 0 Å². The molecule has 0 bridgehead atoms. The monoisotopic (exact) mass is 186 g/mol. The van der Waals surface area contributed by atoms with Gasteiger partial charge in [0.2, 0.25) is 5.91 Å². The van der Waals surface area contributed by atoms with E-state index in [-0.39, 0.29) is 11.8 Å². The van der Waals surface area contributed by atoms with Gasteiger partial charge in [0, 0.05) is 5.92 Å². The fourth-order valence-electron chi connectivity index (χ4n) is 1.19. The second-order valence-corrected chi connectivity index (χ2v) is 3.10. The molecule has 3 N–H and O–H groups in total. The molecule has 0 rings (SSSR count). The van der Waals surface area contributed by atoms with Crippen LogP contribution in [0.15, 0.2) is 0 Å². The standard InChI is InChI=1S/C9H18N2O2/c1-3-5-6-7(4-2)8(12)11-9(10)13/h7H,3-6H2,1-2H3,(H3,10,11,12,13)/t7-/m1/s1. The number of hydrogen-bond donors (Lipinski definition) is 2. The summed E-state index contributed by atoms with van der Waals surface area (Å²) in [6.07, 6.45) is 3.64. The molecule has 1 atom stereocenters. The number of carbonyl (C=O) groups is 2. The third-order valence-electron chi connectivity index (χ3n) is 2.02. The van der Waals surface area contributed by atoms with Crippen molar-refractivity contribution in [2.24, 2.45) is 11.7 Å². The van der Waals surface area contributed by atoms with Crippen molar-refractivity contribution in [3.8, 4) is 0 Å². The lowest BCUT2D eigenvalue weighted by molar-refractivity contribution is -0.124. The molecule has 0 radical (unpaired) electrons. The van der Waals surface area contributed by atoms with E-state index in [0.29, 0.717) is 0 Å². The van der Waals surface area contributed by atoms with Crippen LogP contribution in [-0.2, 0) is 4.79 Å². The summed E-state index contributed by atoms with van der Waals surface area (Å²) >= 11 is 0. The zero-order valence-electron chi connectivity index (χ0n) is 8.30. The Hall–Kier alpha value is -1.06. The summed E-state index contributed by atoms with van der Waals surface area (Å²) in [7, 11) is 0. The summed E-state index contributed by atoms with van der Waals surface area (Å²) in [5.41, 5.74) is 4.84. The van der Waals surface area contributed by atoms with Gasteiger partial charge in [0.05, 0.1) is 0 Å². The number of imide groups is 1. The second-order valence-electron chi connectivity index (χ2n) is 3.10. The molecule has 0 heterocycles. The average molecular weight is 186 g/mol. The molecular formula is C9H18N2O2. The molecular weight excluding hydrogens is 168 g/mol. The smallest absolute Gasteiger partial charge is 0.318 e. The molecule has 0 fully saturated rings. The molecule has 0 spiro atoms. The van der Waals surface area contributed by atoms with Crippen LogP contribution in [0, 0.1) is 5.92 Å². The van der Waals surface area contributed by atoms with E-state index in [0.717, 1.165) is 25.7 Å². The molecule has 0 aromatic heterocycles. The summed E-state index contributed by atoms with van der Waals surface area (Å²) in [4.78, 5) is 21.7. The van der Waals surface area contributed by atoms with Crippen molar-refractivity contribution in [1.82, 2.24) is 5.32 Å². The molecule has 0 saturated heterocycles. The molecule has 0 unspecified atom stereocenters. The van der Waals surface area contributed by atoms with Crippen LogP contribution in [0.1, 0.15) is 39.5 Å². The molecule has 76 valence electrons. The first-order chi connectivity index (χ1) is 6.11. The second kappa shape index (κ2) is 6.46. The number of carbonyl (C=O) groups excluding carboxylic acids is 2. The van der Waals surface area contributed by atoms with Gasteiger partial charge >= 0.3 is 6.03 Å². The highest BCUT2D eigenvalue weighted by Crippen LogP contribution is 2.12. The van der Waals surface area contributed by atoms with E-state index in [9.17, 15) is 9.59 Å². The van der Waals surface area contributed by atoms with Crippen molar-refractivity contribution in [3.63, 3.8) is 0 Å². The number of hydrogen-bond acceptors (Lipinski definition) is 2. The predicted octanol–water partition coefficient (Wildman–Crippen LogP) is 1.40. The van der Waals surface area contributed by atoms with Crippen molar-refractivity contribution in [2.45, 2.75) is 39.5 Å². The minimum atomic E-state index is -0.764. The number of unbranched alkanes of at least 4 members (excludes halogenated alkanes) is 1. The fraction of sp³-hybridized carbons (Fsp3) is 0.778. The number of urea groups is 1. The highest BCUT2D eigenvalue weighted by atomic mass is 16.2. The van der Waals surface area contributed by atoms with Gasteiger partial charge in [-0.2, -0.15) is 0 Å². The molecule has 3 amide bonds. The quantitative estimate of drug-likeness (QED) is 0.681. The lowest BCUT2D eigenvalue weighted by Crippen LogP contribution is -2.38. The van der Waals surface area contributed by atoms with Crippen molar-refractivity contribution >= 4 is 11.9 Å². The summed E-state index contributed by atoms with van der Waals surface area (Å²) in [5.74, 6) is -0.323. The van der Waals surface area contributed by atoms with Gasteiger partial charge in [-0.15, -0.1) is 0 Å². The minimum absolute atomic E-state index is 0.0764. The van der Waals surface area contributed by atoms with Gasteiger partial charge in [0.1, 0.15) is 0 Å². The number of amides is 3. The Morgan fingerprint density at radius 2 is 2.00 bits per heavy atom. The first kappa shape index (κ1) is 11.9. The van der Waals surface area contributed by atoms with E-state index in [1.165, 1.54) is 0 Å². The van der Waals surface area contributed by atoms with E-state index in [1.54, 1.807) is 0 Å². The zero-order valence-corrected chi connectivity index (χ0v) is 8.30. The van der Waals surface area contributed by atoms with E-state index in [4.69, 9.17) is 5.73 Å². The van der Waals surface area contributed by atoms with Crippen LogP contribution in [0.2, 0.25) is 0 Å². The Bertz CT molecular complexity index is 180. The number of primary amides is 1. The first-order valence-electron chi connectivity index (χ1n) is 4.72. The number of nitrogens with one attached hydrogen (secondary N) is 1. The van der Waals surface area contributed by atoms with Crippen molar-refractivity contribution in [1.29, 1.82) is 0 Å². The normalized spacial score (nSPS) is 12.2. The summed E-state index contributed by atoms with van der Waals surface area (Å²) in [5, 5.41) is 2.10. The summed E-state index contributed by atoms with van der Waals surface area (Å²) in [6, 6.07) is -0.764. The average Bonchev–Trinajstić information content (AvgIpc) is 2.04. The highest BCUT2D eigenvalue weighted by molar-refractivity contribution is 5.94. The Kier molecular flexibility index (Phi) is 5.93. The first-order valence-corrected chi connectivity index (χ1v) is 4.72. The maximum atomic E-state index is 11.3. The molecule has 0 aromatic rings. The summed E-state index contributed by atoms with van der Waals surface area (Å²) in [6.45, 7) is 4.00. The van der Waals surface area contributed by atoms with Gasteiger partial charge < -0.3 is 5.73 Å². The van der Waals surface area contributed by atoms with E-state index in [1.807, 2.05) is 6.92 Å². The molecule has 4 nitrogen and oxygen atoms in total. The van der Waals surface area contributed by atoms with Gasteiger partial charge in [-0.3, -0.25) is 10.1 Å². The van der Waals surface area contributed by atoms with Crippen LogP contribution >= 0.6 is 0 Å². The van der Waals surface area contributed by atoms with Crippen LogP contribution in [-0.4, -0.2) is 11.9 Å². The molecule has 0 aromatic carbocycles. The van der Waals surface area contributed by atoms with Crippen molar-refractivity contribution in [3.05, 3.63) is 0 Å². The van der Waals surface area contributed by atoms with Gasteiger partial charge in [-0.05, 0) is 12.8 Å². The SMILES string of the molecule is CCCC[C@@H](CC)C(=O)NC(N)=O. The Morgan fingerprint density at radius 3 is 2.38 bits per heavy atom. The van der Waals surface area contributed by atoms with Gasteiger partial charge in [0.15, 0.2) is 0 Å². The molecule has 13 heavy (non-hydrogen) atoms. The van der Waals surface area contributed by atoms with Crippen molar-refractivity contribution < 1.29 is 9.59 Å². The van der Waals surface area contributed by atoms with Gasteiger partial charge in [-0.25, -0.2) is 4.79 Å². The highest BCUT2D eigenvalue weighted by Gasteiger charge is 2.16. The van der Waals surface area contributed by atoms with Crippen LogP contribution in [0.4, 0.5) is 4.79 Å². The van der Waals surface area contributed by atoms with Crippen LogP contribution in [0.25, 0.3) is 0 Å². The Morgan fingerprint density at radius 1 is 1.38 bits per heavy atom. The summed E-state index contributed by atoms with van der Waals surface area (Å²) < 4.78 is 0. The molecule has 0 aliphatic heterocycles. The van der Waals surface area contributed by atoms with E-state index < -0.39 is 6.03 Å². The zero-order chi connectivity index (χ0) is 10.3. The third kappa shape index (κ3) is 5.22. The van der Waals surface area contributed by atoms with Gasteiger partial charge in [0.25, 0.3) is 0 Å². The van der Waals surface area contributed by atoms with Gasteiger partial charge in [-0.1, -0.05) is 26.7 Å². The largest absolute Gasteiger partial charge is 0.351 e. The predicted molar refractivity (Wildman–Crippen MR) is 51.0 cm³/mol. The minimum Gasteiger partial charge on any atom is -0.351 e. The van der Waals surface area contributed by atoms with E-state index in [2.05, 4.69) is 12.2 Å². The lowest BCUT2D eigenvalue weighted by Gasteiger charge is -2.12. The van der Waals surface area contributed by atoms with E-state index >= 15 is 0 Å². The Balaban J connectivity index is 3.91. The Labute approximate surface area is 78.9 Å². The maximum absolute atomic E-state index is 11.3. The fourth-order valence-corrected chi connectivity index (χ4v) is 1.19. The topological polar surface area (TPSA) is 72.2 Å². The molecule has 4 heteroatoms. The van der Waals surface area contributed by atoms with Crippen molar-refractivity contribution in [2.75, 3.05) is 0 Å². The molecule has 0 aliphatic carbocycles. The maximum Gasteiger partial charge on any atom is 0.318 e.